The highest BCUT2D eigenvalue weighted by molar-refractivity contribution is 7.22. The van der Waals surface area contributed by atoms with Gasteiger partial charge in [-0.3, -0.25) is 0 Å². The molecule has 0 radical (unpaired) electrons. The first kappa shape index (κ1) is 26.3. The first-order valence-electron chi connectivity index (χ1n) is 16.0. The average molecular weight is 617 g/mol. The van der Waals surface area contributed by atoms with Crippen LogP contribution in [0.3, 0.4) is 0 Å². The van der Waals surface area contributed by atoms with Crippen LogP contribution in [0.25, 0.3) is 86.6 Å². The quantitative estimate of drug-likeness (QED) is 0.186. The van der Waals surface area contributed by atoms with Crippen molar-refractivity contribution in [2.24, 2.45) is 0 Å². The molecule has 0 fully saturated rings. The predicted molar refractivity (Wildman–Crippen MR) is 201 cm³/mol. The molecule has 3 aromatic heterocycles. The minimum atomic E-state index is 1.18. The van der Waals surface area contributed by atoms with E-state index in [1.165, 1.54) is 86.6 Å². The first-order valence-corrected chi connectivity index (χ1v) is 16.8. The molecular formula is C44H28N2S. The van der Waals surface area contributed by atoms with Gasteiger partial charge in [-0.15, -0.1) is 11.3 Å². The van der Waals surface area contributed by atoms with Gasteiger partial charge in [0, 0.05) is 42.5 Å². The van der Waals surface area contributed by atoms with Gasteiger partial charge in [-0.05, 0) is 94.9 Å². The molecule has 10 aromatic rings. The highest BCUT2D eigenvalue weighted by Gasteiger charge is 2.16. The molecule has 47 heavy (non-hydrogen) atoms. The van der Waals surface area contributed by atoms with E-state index in [2.05, 4.69) is 179 Å². The molecule has 10 rings (SSSR count). The molecule has 0 aliphatic heterocycles. The Kier molecular flexibility index (Phi) is 5.78. The van der Waals surface area contributed by atoms with Crippen LogP contribution in [0.1, 0.15) is 0 Å². The smallest absolute Gasteiger partial charge is 0.0541 e. The number of rotatable bonds is 4. The maximum atomic E-state index is 2.42. The number of benzene rings is 7. The second-order valence-electron chi connectivity index (χ2n) is 12.2. The number of hydrogen-bond donors (Lipinski definition) is 0. The zero-order chi connectivity index (χ0) is 30.9. The number of nitrogens with zero attached hydrogens (tertiary/aromatic N) is 2. The number of hydrogen-bond acceptors (Lipinski definition) is 1. The van der Waals surface area contributed by atoms with Crippen LogP contribution in [0.5, 0.6) is 0 Å². The van der Waals surface area contributed by atoms with Gasteiger partial charge in [0.2, 0.25) is 0 Å². The summed E-state index contributed by atoms with van der Waals surface area (Å²) in [4.78, 5) is 1.29. The van der Waals surface area contributed by atoms with Crippen molar-refractivity contribution >= 4 is 65.0 Å². The normalized spacial score (nSPS) is 11.8. The molecule has 0 aliphatic carbocycles. The lowest BCUT2D eigenvalue weighted by Crippen LogP contribution is -1.94. The first-order chi connectivity index (χ1) is 23.3. The molecule has 0 bridgehead atoms. The predicted octanol–water partition coefficient (Wildman–Crippen LogP) is 12.4. The van der Waals surface area contributed by atoms with E-state index in [-0.39, 0.29) is 0 Å². The summed E-state index contributed by atoms with van der Waals surface area (Å²) in [5.74, 6) is 0. The van der Waals surface area contributed by atoms with Gasteiger partial charge >= 0.3 is 0 Å². The highest BCUT2D eigenvalue weighted by atomic mass is 32.1. The Hall–Kier alpha value is -5.90. The fourth-order valence-corrected chi connectivity index (χ4v) is 8.42. The summed E-state index contributed by atoms with van der Waals surface area (Å²) >= 11 is 1.85. The molecule has 2 nitrogen and oxygen atoms in total. The third kappa shape index (κ3) is 4.10. The van der Waals surface area contributed by atoms with Crippen LogP contribution in [0.4, 0.5) is 0 Å². The number of aromatic nitrogens is 2. The Labute approximate surface area is 276 Å². The van der Waals surface area contributed by atoms with Gasteiger partial charge in [-0.25, -0.2) is 0 Å². The second-order valence-corrected chi connectivity index (χ2v) is 13.3. The third-order valence-electron chi connectivity index (χ3n) is 9.51. The molecule has 0 spiro atoms. The Balaban J connectivity index is 1.13. The monoisotopic (exact) mass is 616 g/mol. The van der Waals surface area contributed by atoms with Gasteiger partial charge in [0.05, 0.1) is 22.1 Å². The van der Waals surface area contributed by atoms with Gasteiger partial charge < -0.3 is 9.13 Å². The lowest BCUT2D eigenvalue weighted by atomic mass is 10.0. The Morgan fingerprint density at radius 1 is 0.340 bits per heavy atom. The average Bonchev–Trinajstić information content (AvgIpc) is 3.82. The zero-order valence-corrected chi connectivity index (χ0v) is 26.3. The lowest BCUT2D eigenvalue weighted by Gasteiger charge is -2.10. The van der Waals surface area contributed by atoms with Crippen LogP contribution >= 0.6 is 11.3 Å². The van der Waals surface area contributed by atoms with Gasteiger partial charge in [0.15, 0.2) is 0 Å². The van der Waals surface area contributed by atoms with Gasteiger partial charge in [0.25, 0.3) is 0 Å². The second kappa shape index (κ2) is 10.3. The van der Waals surface area contributed by atoms with Crippen molar-refractivity contribution in [1.82, 2.24) is 9.13 Å². The molecule has 0 unspecified atom stereocenters. The van der Waals surface area contributed by atoms with Crippen LogP contribution in [-0.2, 0) is 0 Å². The standard InChI is InChI=1S/C44H28N2S/c1-2-13-33(14-3-1)45-39-18-7-5-16-35(39)37-26-29(21-23-41(37)45)30-22-24-42-38(27-30)36-17-6-8-19-40(36)46(42)34-15-10-12-31(25-34)44-28-32-11-4-9-20-43(32)47-44/h1-28H. The molecule has 0 saturated carbocycles. The molecule has 0 N–H and O–H groups in total. The fourth-order valence-electron chi connectivity index (χ4n) is 7.36. The fraction of sp³-hybridized carbons (Fsp3) is 0. The molecule has 220 valence electrons. The minimum absolute atomic E-state index is 1.18. The van der Waals surface area contributed by atoms with Crippen molar-refractivity contribution < 1.29 is 0 Å². The van der Waals surface area contributed by atoms with Crippen molar-refractivity contribution in [3.05, 3.63) is 170 Å². The summed E-state index contributed by atoms with van der Waals surface area (Å²) in [6.45, 7) is 0. The molecule has 3 heteroatoms. The molecule has 0 atom stereocenters. The molecule has 7 aromatic carbocycles. The van der Waals surface area contributed by atoms with Crippen LogP contribution in [0, 0.1) is 0 Å². The SMILES string of the molecule is c1ccc(-n2c3ccccc3c3cc(-c4ccc5c(c4)c4ccccc4n5-c4cccc(-c5cc6ccccc6s5)c4)ccc32)cc1. The van der Waals surface area contributed by atoms with Crippen LogP contribution < -0.4 is 0 Å². The van der Waals surface area contributed by atoms with Gasteiger partial charge in [0.1, 0.15) is 0 Å². The molecule has 0 aliphatic rings. The topological polar surface area (TPSA) is 9.86 Å². The Bertz CT molecular complexity index is 2760. The number of fused-ring (bicyclic) bond motifs is 7. The maximum absolute atomic E-state index is 2.42. The Morgan fingerprint density at radius 2 is 0.894 bits per heavy atom. The summed E-state index contributed by atoms with van der Waals surface area (Å²) in [7, 11) is 0. The van der Waals surface area contributed by atoms with Crippen LogP contribution in [-0.4, -0.2) is 9.13 Å². The van der Waals surface area contributed by atoms with Crippen molar-refractivity contribution in [1.29, 1.82) is 0 Å². The summed E-state index contributed by atoms with van der Waals surface area (Å²) < 4.78 is 6.11. The summed E-state index contributed by atoms with van der Waals surface area (Å²) in [5, 5.41) is 6.35. The van der Waals surface area contributed by atoms with E-state index in [9.17, 15) is 0 Å². The molecule has 0 amide bonds. The molecular weight excluding hydrogens is 589 g/mol. The number of para-hydroxylation sites is 3. The highest BCUT2D eigenvalue weighted by Crippen LogP contribution is 2.39. The van der Waals surface area contributed by atoms with Crippen molar-refractivity contribution in [2.75, 3.05) is 0 Å². The minimum Gasteiger partial charge on any atom is -0.309 e. The van der Waals surface area contributed by atoms with E-state index in [0.29, 0.717) is 0 Å². The molecule has 3 heterocycles. The maximum Gasteiger partial charge on any atom is 0.0541 e. The van der Waals surface area contributed by atoms with Crippen LogP contribution in [0.15, 0.2) is 170 Å². The Morgan fingerprint density at radius 3 is 1.57 bits per heavy atom. The summed E-state index contributed by atoms with van der Waals surface area (Å²) in [6.07, 6.45) is 0. The summed E-state index contributed by atoms with van der Waals surface area (Å²) in [6, 6.07) is 62.0. The van der Waals surface area contributed by atoms with E-state index in [4.69, 9.17) is 0 Å². The largest absolute Gasteiger partial charge is 0.309 e. The van der Waals surface area contributed by atoms with Crippen molar-refractivity contribution in [3.8, 4) is 32.9 Å². The molecule has 0 saturated heterocycles. The van der Waals surface area contributed by atoms with Crippen LogP contribution in [0.2, 0.25) is 0 Å². The lowest BCUT2D eigenvalue weighted by molar-refractivity contribution is 1.18. The van der Waals surface area contributed by atoms with Crippen molar-refractivity contribution in [3.63, 3.8) is 0 Å². The van der Waals surface area contributed by atoms with Crippen molar-refractivity contribution in [2.45, 2.75) is 0 Å². The third-order valence-corrected chi connectivity index (χ3v) is 10.7. The van der Waals surface area contributed by atoms with E-state index < -0.39 is 0 Å². The zero-order valence-electron chi connectivity index (χ0n) is 25.5. The van der Waals surface area contributed by atoms with E-state index >= 15 is 0 Å². The van der Waals surface area contributed by atoms with E-state index in [1.807, 2.05) is 11.3 Å². The van der Waals surface area contributed by atoms with Gasteiger partial charge in [-0.1, -0.05) is 97.1 Å². The summed E-state index contributed by atoms with van der Waals surface area (Å²) in [5.41, 5.74) is 10.9. The van der Waals surface area contributed by atoms with E-state index in [1.54, 1.807) is 0 Å². The van der Waals surface area contributed by atoms with E-state index in [0.717, 1.165) is 0 Å². The number of thiophene rings is 1. The van der Waals surface area contributed by atoms with Gasteiger partial charge in [-0.2, -0.15) is 0 Å².